The Morgan fingerprint density at radius 2 is 1.91 bits per heavy atom. The predicted octanol–water partition coefficient (Wildman–Crippen LogP) is 2.54. The summed E-state index contributed by atoms with van der Waals surface area (Å²) in [5.41, 5.74) is 0.420. The molecule has 22 heavy (non-hydrogen) atoms. The van der Waals surface area contributed by atoms with Crippen molar-refractivity contribution in [3.8, 4) is 0 Å². The molecule has 0 spiro atoms. The van der Waals surface area contributed by atoms with Gasteiger partial charge in [-0.15, -0.1) is 0 Å². The highest BCUT2D eigenvalue weighted by Crippen LogP contribution is 2.23. The van der Waals surface area contributed by atoms with Gasteiger partial charge in [0.1, 0.15) is 0 Å². The molecular weight excluding hydrogens is 347 g/mol. The predicted molar refractivity (Wildman–Crippen MR) is 88.0 cm³/mol. The van der Waals surface area contributed by atoms with E-state index in [9.17, 15) is 13.2 Å². The summed E-state index contributed by atoms with van der Waals surface area (Å²) in [7, 11) is -3.28. The first kappa shape index (κ1) is 17.5. The van der Waals surface area contributed by atoms with Crippen LogP contribution in [-0.4, -0.2) is 44.6 Å². The molecule has 5 nitrogen and oxygen atoms in total. The van der Waals surface area contributed by atoms with E-state index in [1.165, 1.54) is 0 Å². The van der Waals surface area contributed by atoms with Gasteiger partial charge in [-0.05, 0) is 37.5 Å². The monoisotopic (exact) mass is 364 g/mol. The molecule has 0 aromatic heterocycles. The first-order chi connectivity index (χ1) is 10.3. The molecule has 1 fully saturated rings. The highest BCUT2D eigenvalue weighted by atomic mass is 35.5. The van der Waals surface area contributed by atoms with Crippen LogP contribution in [0, 0.1) is 0 Å². The number of likely N-dealkylation sites (tertiary alicyclic amines) is 1. The first-order valence-corrected chi connectivity index (χ1v) is 9.63. The number of carbonyl (C=O) groups is 1. The van der Waals surface area contributed by atoms with Gasteiger partial charge in [0.05, 0.1) is 6.26 Å². The minimum atomic E-state index is -3.28. The van der Waals surface area contributed by atoms with E-state index < -0.39 is 10.0 Å². The summed E-state index contributed by atoms with van der Waals surface area (Å²) in [5, 5.41) is 0.803. The van der Waals surface area contributed by atoms with Gasteiger partial charge in [0.15, 0.2) is 0 Å². The molecule has 2 rings (SSSR count). The Kier molecular flexibility index (Phi) is 5.71. The third-order valence-electron chi connectivity index (χ3n) is 3.58. The van der Waals surface area contributed by atoms with Gasteiger partial charge in [0.25, 0.3) is 5.91 Å². The van der Waals surface area contributed by atoms with Gasteiger partial charge in [-0.2, -0.15) is 0 Å². The Morgan fingerprint density at radius 1 is 1.27 bits per heavy atom. The lowest BCUT2D eigenvalue weighted by molar-refractivity contribution is 0.0619. The van der Waals surface area contributed by atoms with E-state index in [2.05, 4.69) is 4.72 Å². The number of halogens is 2. The molecule has 122 valence electrons. The second-order valence-corrected chi connectivity index (χ2v) is 8.13. The van der Waals surface area contributed by atoms with Crippen LogP contribution in [0.1, 0.15) is 29.6 Å². The Morgan fingerprint density at radius 3 is 2.50 bits per heavy atom. The lowest BCUT2D eigenvalue weighted by atomic mass is 10.0. The maximum Gasteiger partial charge on any atom is 0.254 e. The molecule has 0 bridgehead atoms. The number of amides is 1. The Balaban J connectivity index is 2.17. The maximum atomic E-state index is 12.7. The minimum absolute atomic E-state index is 0.159. The molecule has 1 atom stereocenters. The van der Waals surface area contributed by atoms with E-state index in [1.807, 2.05) is 0 Å². The van der Waals surface area contributed by atoms with Crippen LogP contribution in [0.3, 0.4) is 0 Å². The Hall–Kier alpha value is -0.820. The second-order valence-electron chi connectivity index (χ2n) is 5.43. The van der Waals surface area contributed by atoms with Crippen LogP contribution in [0.15, 0.2) is 18.2 Å². The van der Waals surface area contributed by atoms with Crippen molar-refractivity contribution >= 4 is 39.1 Å². The highest BCUT2D eigenvalue weighted by molar-refractivity contribution is 7.88. The first-order valence-electron chi connectivity index (χ1n) is 6.98. The molecule has 1 aliphatic heterocycles. The van der Waals surface area contributed by atoms with Gasteiger partial charge in [-0.25, -0.2) is 13.1 Å². The zero-order chi connectivity index (χ0) is 16.3. The van der Waals surface area contributed by atoms with Crippen LogP contribution in [0.25, 0.3) is 0 Å². The van der Waals surface area contributed by atoms with Crippen LogP contribution in [-0.2, 0) is 10.0 Å². The van der Waals surface area contributed by atoms with E-state index in [0.29, 0.717) is 22.2 Å². The zero-order valence-corrected chi connectivity index (χ0v) is 14.5. The van der Waals surface area contributed by atoms with Crippen molar-refractivity contribution in [2.75, 3.05) is 19.3 Å². The lowest BCUT2D eigenvalue weighted by Gasteiger charge is -2.36. The maximum absolute atomic E-state index is 12.7. The lowest BCUT2D eigenvalue weighted by Crippen LogP contribution is -2.49. The number of rotatable bonds is 4. The topological polar surface area (TPSA) is 66.5 Å². The smallest absolute Gasteiger partial charge is 0.254 e. The van der Waals surface area contributed by atoms with E-state index in [4.69, 9.17) is 23.2 Å². The summed E-state index contributed by atoms with van der Waals surface area (Å²) in [5.74, 6) is -0.176. The molecule has 1 unspecified atom stereocenters. The van der Waals surface area contributed by atoms with Gasteiger partial charge in [0.2, 0.25) is 10.0 Å². The van der Waals surface area contributed by atoms with Crippen molar-refractivity contribution in [3.05, 3.63) is 33.8 Å². The number of nitrogens with one attached hydrogen (secondary N) is 1. The van der Waals surface area contributed by atoms with E-state index in [0.717, 1.165) is 25.5 Å². The third kappa shape index (κ3) is 4.84. The summed E-state index contributed by atoms with van der Waals surface area (Å²) < 4.78 is 25.0. The summed E-state index contributed by atoms with van der Waals surface area (Å²) in [6.07, 6.45) is 3.74. The van der Waals surface area contributed by atoms with Crippen LogP contribution in [0.2, 0.25) is 10.0 Å². The summed E-state index contributed by atoms with van der Waals surface area (Å²) in [4.78, 5) is 14.4. The number of hydrogen-bond donors (Lipinski definition) is 1. The molecular formula is C14H18Cl2N2O3S. The van der Waals surface area contributed by atoms with Gasteiger partial charge >= 0.3 is 0 Å². The van der Waals surface area contributed by atoms with Gasteiger partial charge in [-0.1, -0.05) is 23.2 Å². The SMILES string of the molecule is CS(=O)(=O)NCC1CCCCN1C(=O)c1cc(Cl)cc(Cl)c1. The number of sulfonamides is 1. The second kappa shape index (κ2) is 7.17. The number of benzene rings is 1. The van der Waals surface area contributed by atoms with Crippen LogP contribution < -0.4 is 4.72 Å². The quantitative estimate of drug-likeness (QED) is 0.892. The molecule has 1 saturated heterocycles. The van der Waals surface area contributed by atoms with Crippen molar-refractivity contribution in [2.24, 2.45) is 0 Å². The molecule has 1 N–H and O–H groups in total. The van der Waals surface area contributed by atoms with Crippen LogP contribution in [0.4, 0.5) is 0 Å². The number of carbonyl (C=O) groups excluding carboxylic acids is 1. The normalized spacial score (nSPS) is 19.2. The largest absolute Gasteiger partial charge is 0.334 e. The molecule has 0 radical (unpaired) electrons. The molecule has 0 aliphatic carbocycles. The molecule has 1 aliphatic rings. The van der Waals surface area contributed by atoms with E-state index in [-0.39, 0.29) is 18.5 Å². The summed E-state index contributed by atoms with van der Waals surface area (Å²) in [6, 6.07) is 4.56. The molecule has 1 amide bonds. The molecule has 1 aromatic carbocycles. The molecule has 8 heteroatoms. The average molecular weight is 365 g/mol. The summed E-state index contributed by atoms with van der Waals surface area (Å²) in [6.45, 7) is 0.817. The van der Waals surface area contributed by atoms with Crippen molar-refractivity contribution in [1.82, 2.24) is 9.62 Å². The fraction of sp³-hybridized carbons (Fsp3) is 0.500. The molecule has 1 aromatic rings. The van der Waals surface area contributed by atoms with Crippen molar-refractivity contribution in [1.29, 1.82) is 0 Å². The van der Waals surface area contributed by atoms with E-state index >= 15 is 0 Å². The molecule has 1 heterocycles. The fourth-order valence-corrected chi connectivity index (χ4v) is 3.59. The highest BCUT2D eigenvalue weighted by Gasteiger charge is 2.28. The Bertz CT molecular complexity index is 644. The van der Waals surface area contributed by atoms with Crippen molar-refractivity contribution in [2.45, 2.75) is 25.3 Å². The van der Waals surface area contributed by atoms with Crippen molar-refractivity contribution < 1.29 is 13.2 Å². The number of nitrogens with zero attached hydrogens (tertiary/aromatic N) is 1. The van der Waals surface area contributed by atoms with Crippen molar-refractivity contribution in [3.63, 3.8) is 0 Å². The standard InChI is InChI=1S/C14H18Cl2N2O3S/c1-22(20,21)17-9-13-4-2-3-5-18(13)14(19)10-6-11(15)8-12(16)7-10/h6-8,13,17H,2-5,9H2,1H3. The molecule has 0 saturated carbocycles. The van der Waals surface area contributed by atoms with Gasteiger partial charge in [0, 0.05) is 34.7 Å². The number of piperidine rings is 1. The van der Waals surface area contributed by atoms with Gasteiger partial charge in [-0.3, -0.25) is 4.79 Å². The average Bonchev–Trinajstić information content (AvgIpc) is 2.43. The third-order valence-corrected chi connectivity index (χ3v) is 4.71. The summed E-state index contributed by atoms with van der Waals surface area (Å²) >= 11 is 11.9. The number of hydrogen-bond acceptors (Lipinski definition) is 3. The zero-order valence-electron chi connectivity index (χ0n) is 12.2. The van der Waals surface area contributed by atoms with Crippen LogP contribution in [0.5, 0.6) is 0 Å². The minimum Gasteiger partial charge on any atom is -0.334 e. The Labute approximate surface area is 140 Å². The fourth-order valence-electron chi connectivity index (χ4n) is 2.57. The van der Waals surface area contributed by atoms with Crippen LogP contribution >= 0.6 is 23.2 Å². The van der Waals surface area contributed by atoms with Gasteiger partial charge < -0.3 is 4.90 Å². The van der Waals surface area contributed by atoms with E-state index in [1.54, 1.807) is 23.1 Å².